The number of amides is 2. The second kappa shape index (κ2) is 10.3. The van der Waals surface area contributed by atoms with Crippen molar-refractivity contribution in [2.24, 2.45) is 0 Å². The third-order valence-electron chi connectivity index (χ3n) is 4.81. The predicted octanol–water partition coefficient (Wildman–Crippen LogP) is 4.27. The molecule has 2 amide bonds. The molecule has 1 aliphatic rings. The molecule has 7 heteroatoms. The van der Waals surface area contributed by atoms with E-state index in [0.29, 0.717) is 32.8 Å². The third-order valence-corrected chi connectivity index (χ3v) is 5.12. The van der Waals surface area contributed by atoms with Crippen LogP contribution >= 0.6 is 11.6 Å². The Bertz CT molecular complexity index is 923. The molecule has 1 aliphatic heterocycles. The first kappa shape index (κ1) is 21.8. The summed E-state index contributed by atoms with van der Waals surface area (Å²) < 4.78 is 18.7. The van der Waals surface area contributed by atoms with Crippen LogP contribution in [-0.4, -0.2) is 54.4 Å². The number of hydrogen-bond acceptors (Lipinski definition) is 3. The van der Waals surface area contributed by atoms with Crippen molar-refractivity contribution >= 4 is 29.5 Å². The van der Waals surface area contributed by atoms with E-state index in [1.54, 1.807) is 15.9 Å². The van der Waals surface area contributed by atoms with Crippen molar-refractivity contribution in [2.75, 3.05) is 32.8 Å². The molecule has 3 rings (SSSR count). The molecule has 0 N–H and O–H groups in total. The lowest BCUT2D eigenvalue weighted by Gasteiger charge is -2.34. The first-order valence-corrected chi connectivity index (χ1v) is 10.3. The molecule has 0 unspecified atom stereocenters. The van der Waals surface area contributed by atoms with Crippen LogP contribution in [0, 0.1) is 5.82 Å². The molecular weight excluding hydrogens is 407 g/mol. The average molecular weight is 431 g/mol. The van der Waals surface area contributed by atoms with E-state index >= 15 is 0 Å². The molecular formula is C23H24ClFN2O3. The van der Waals surface area contributed by atoms with E-state index in [4.69, 9.17) is 16.3 Å². The highest BCUT2D eigenvalue weighted by atomic mass is 35.5. The molecule has 0 spiro atoms. The summed E-state index contributed by atoms with van der Waals surface area (Å²) in [6, 6.07) is 11.3. The second-order valence-corrected chi connectivity index (χ2v) is 7.40. The van der Waals surface area contributed by atoms with E-state index in [9.17, 15) is 14.0 Å². The number of carbonyl (C=O) groups excluding carboxylic acids is 2. The molecule has 0 aliphatic carbocycles. The van der Waals surface area contributed by atoms with Crippen LogP contribution < -0.4 is 4.74 Å². The Kier molecular flexibility index (Phi) is 7.46. The van der Waals surface area contributed by atoms with Crippen molar-refractivity contribution in [1.82, 2.24) is 9.80 Å². The number of benzene rings is 2. The van der Waals surface area contributed by atoms with Gasteiger partial charge in [-0.15, -0.1) is 0 Å². The van der Waals surface area contributed by atoms with Gasteiger partial charge in [-0.3, -0.25) is 9.59 Å². The first-order chi connectivity index (χ1) is 14.5. The molecule has 0 radical (unpaired) electrons. The summed E-state index contributed by atoms with van der Waals surface area (Å²) in [4.78, 5) is 28.4. The second-order valence-electron chi connectivity index (χ2n) is 6.99. The van der Waals surface area contributed by atoms with Gasteiger partial charge in [0, 0.05) is 32.3 Å². The van der Waals surface area contributed by atoms with Gasteiger partial charge in [0.15, 0.2) is 0 Å². The summed E-state index contributed by atoms with van der Waals surface area (Å²) in [5.41, 5.74) is 1.18. The van der Waals surface area contributed by atoms with Gasteiger partial charge in [-0.05, 0) is 48.4 Å². The minimum Gasteiger partial charge on any atom is -0.494 e. The average Bonchev–Trinajstić information content (AvgIpc) is 2.76. The molecule has 2 aromatic carbocycles. The van der Waals surface area contributed by atoms with Crippen LogP contribution in [0.15, 0.2) is 48.5 Å². The van der Waals surface area contributed by atoms with Gasteiger partial charge in [-0.25, -0.2) is 4.39 Å². The van der Waals surface area contributed by atoms with Gasteiger partial charge in [0.05, 0.1) is 17.2 Å². The number of nitrogens with zero attached hydrogens (tertiary/aromatic N) is 2. The fourth-order valence-corrected chi connectivity index (χ4v) is 3.38. The van der Waals surface area contributed by atoms with Gasteiger partial charge in [-0.2, -0.15) is 0 Å². The molecule has 0 saturated carbocycles. The highest BCUT2D eigenvalue weighted by Crippen LogP contribution is 2.20. The number of piperazine rings is 1. The SMILES string of the molecule is CCCOc1ccc(/C=C/C(=O)N2CCN(C(=O)c3ccc(F)cc3Cl)CC2)cc1. The molecule has 0 aromatic heterocycles. The van der Waals surface area contributed by atoms with Crippen LogP contribution in [0.3, 0.4) is 0 Å². The number of rotatable bonds is 6. The lowest BCUT2D eigenvalue weighted by Crippen LogP contribution is -2.50. The molecule has 30 heavy (non-hydrogen) atoms. The van der Waals surface area contributed by atoms with Crippen molar-refractivity contribution in [3.63, 3.8) is 0 Å². The Hall–Kier alpha value is -2.86. The highest BCUT2D eigenvalue weighted by Gasteiger charge is 2.25. The van der Waals surface area contributed by atoms with Gasteiger partial charge in [0.2, 0.25) is 5.91 Å². The maximum Gasteiger partial charge on any atom is 0.255 e. The van der Waals surface area contributed by atoms with Crippen molar-refractivity contribution < 1.29 is 18.7 Å². The van der Waals surface area contributed by atoms with E-state index in [2.05, 4.69) is 6.92 Å². The highest BCUT2D eigenvalue weighted by molar-refractivity contribution is 6.33. The minimum atomic E-state index is -0.484. The number of halogens is 2. The summed E-state index contributed by atoms with van der Waals surface area (Å²) in [7, 11) is 0. The van der Waals surface area contributed by atoms with Crippen molar-refractivity contribution in [3.05, 3.63) is 70.5 Å². The van der Waals surface area contributed by atoms with Crippen LogP contribution in [0.25, 0.3) is 6.08 Å². The fraction of sp³-hybridized carbons (Fsp3) is 0.304. The van der Waals surface area contributed by atoms with Crippen LogP contribution in [0.2, 0.25) is 5.02 Å². The summed E-state index contributed by atoms with van der Waals surface area (Å²) in [5, 5.41) is 0.0903. The quantitative estimate of drug-likeness (QED) is 0.643. The number of carbonyl (C=O) groups is 2. The van der Waals surface area contributed by atoms with E-state index in [0.717, 1.165) is 23.8 Å². The van der Waals surface area contributed by atoms with E-state index < -0.39 is 5.82 Å². The van der Waals surface area contributed by atoms with Gasteiger partial charge in [-0.1, -0.05) is 30.7 Å². The van der Waals surface area contributed by atoms with Gasteiger partial charge in [0.1, 0.15) is 11.6 Å². The fourth-order valence-electron chi connectivity index (χ4n) is 3.13. The molecule has 5 nitrogen and oxygen atoms in total. The van der Waals surface area contributed by atoms with Gasteiger partial charge < -0.3 is 14.5 Å². The molecule has 0 bridgehead atoms. The molecule has 158 valence electrons. The monoisotopic (exact) mass is 430 g/mol. The van der Waals surface area contributed by atoms with Crippen LogP contribution in [0.1, 0.15) is 29.3 Å². The Morgan fingerprint density at radius 1 is 1.07 bits per heavy atom. The largest absolute Gasteiger partial charge is 0.494 e. The normalized spacial score (nSPS) is 14.2. The predicted molar refractivity (Wildman–Crippen MR) is 115 cm³/mol. The van der Waals surface area contributed by atoms with E-state index in [1.807, 2.05) is 24.3 Å². The van der Waals surface area contributed by atoms with E-state index in [-0.39, 0.29) is 22.4 Å². The van der Waals surface area contributed by atoms with Gasteiger partial charge >= 0.3 is 0 Å². The zero-order chi connectivity index (χ0) is 21.5. The summed E-state index contributed by atoms with van der Waals surface area (Å²) >= 11 is 5.99. The molecule has 2 aromatic rings. The number of ether oxygens (including phenoxy) is 1. The topological polar surface area (TPSA) is 49.9 Å². The van der Waals surface area contributed by atoms with Gasteiger partial charge in [0.25, 0.3) is 5.91 Å². The van der Waals surface area contributed by atoms with Crippen molar-refractivity contribution in [3.8, 4) is 5.75 Å². The maximum atomic E-state index is 13.2. The zero-order valence-electron chi connectivity index (χ0n) is 16.8. The third kappa shape index (κ3) is 5.60. The lowest BCUT2D eigenvalue weighted by molar-refractivity contribution is -0.127. The Morgan fingerprint density at radius 3 is 2.37 bits per heavy atom. The summed E-state index contributed by atoms with van der Waals surface area (Å²) in [5.74, 6) is -0.0366. The Labute approximate surface area is 180 Å². The summed E-state index contributed by atoms with van der Waals surface area (Å²) in [6.45, 7) is 4.38. The lowest BCUT2D eigenvalue weighted by atomic mass is 10.1. The molecule has 0 atom stereocenters. The van der Waals surface area contributed by atoms with Crippen LogP contribution in [-0.2, 0) is 4.79 Å². The van der Waals surface area contributed by atoms with Crippen LogP contribution in [0.5, 0.6) is 5.75 Å². The standard InChI is InChI=1S/C23H24ClFN2O3/c1-2-15-30-19-7-3-17(4-8-19)5-10-22(28)26-11-13-27(14-12-26)23(29)20-9-6-18(25)16-21(20)24/h3-10,16H,2,11-15H2,1H3/b10-5+. The molecule has 1 saturated heterocycles. The van der Waals surface area contributed by atoms with Crippen LogP contribution in [0.4, 0.5) is 4.39 Å². The summed E-state index contributed by atoms with van der Waals surface area (Å²) in [6.07, 6.45) is 4.25. The van der Waals surface area contributed by atoms with Crippen molar-refractivity contribution in [1.29, 1.82) is 0 Å². The Morgan fingerprint density at radius 2 is 1.73 bits per heavy atom. The maximum absolute atomic E-state index is 13.2. The zero-order valence-corrected chi connectivity index (χ0v) is 17.6. The Balaban J connectivity index is 1.52. The first-order valence-electron chi connectivity index (χ1n) is 9.92. The van der Waals surface area contributed by atoms with Crippen molar-refractivity contribution in [2.45, 2.75) is 13.3 Å². The molecule has 1 fully saturated rings. The van der Waals surface area contributed by atoms with E-state index in [1.165, 1.54) is 18.2 Å². The number of hydrogen-bond donors (Lipinski definition) is 0. The minimum absolute atomic E-state index is 0.0903. The smallest absolute Gasteiger partial charge is 0.255 e. The molecule has 1 heterocycles.